The Labute approximate surface area is 108 Å². The highest BCUT2D eigenvalue weighted by Gasteiger charge is 2.02. The Morgan fingerprint density at radius 2 is 1.67 bits per heavy atom. The maximum atomic E-state index is 9.63. The highest BCUT2D eigenvalue weighted by Crippen LogP contribution is 2.21. The zero-order valence-electron chi connectivity index (χ0n) is 10.8. The molecule has 0 bridgehead atoms. The third-order valence-electron chi connectivity index (χ3n) is 2.93. The smallest absolute Gasteiger partial charge is 0.122 e. The van der Waals surface area contributed by atoms with Crippen molar-refractivity contribution in [2.24, 2.45) is 0 Å². The molecule has 2 heteroatoms. The number of benzene rings is 2. The molecule has 0 aliphatic carbocycles. The molecule has 2 aromatic carbocycles. The van der Waals surface area contributed by atoms with Gasteiger partial charge in [0.05, 0.1) is 0 Å². The first-order valence-corrected chi connectivity index (χ1v) is 6.16. The van der Waals surface area contributed by atoms with Crippen LogP contribution in [-0.2, 0) is 6.61 Å². The quantitative estimate of drug-likeness (QED) is 0.874. The van der Waals surface area contributed by atoms with Gasteiger partial charge in [-0.25, -0.2) is 0 Å². The maximum absolute atomic E-state index is 9.63. The van der Waals surface area contributed by atoms with Gasteiger partial charge < -0.3 is 9.84 Å². The van der Waals surface area contributed by atoms with E-state index in [-0.39, 0.29) is 5.75 Å². The van der Waals surface area contributed by atoms with Gasteiger partial charge in [-0.1, -0.05) is 44.2 Å². The Bertz CT molecular complexity index is 501. The summed E-state index contributed by atoms with van der Waals surface area (Å²) in [6.45, 7) is 4.71. The topological polar surface area (TPSA) is 29.5 Å². The van der Waals surface area contributed by atoms with Crippen LogP contribution in [0.25, 0.3) is 0 Å². The van der Waals surface area contributed by atoms with Crippen molar-refractivity contribution in [2.75, 3.05) is 0 Å². The second-order valence-corrected chi connectivity index (χ2v) is 4.64. The van der Waals surface area contributed by atoms with Crippen LogP contribution in [0.15, 0.2) is 48.5 Å². The number of ether oxygens (including phenoxy) is 1. The van der Waals surface area contributed by atoms with Crippen LogP contribution in [0.3, 0.4) is 0 Å². The van der Waals surface area contributed by atoms with E-state index in [4.69, 9.17) is 4.74 Å². The van der Waals surface area contributed by atoms with Gasteiger partial charge in [0.1, 0.15) is 18.1 Å². The molecule has 0 aliphatic rings. The molecule has 0 aromatic heterocycles. The number of rotatable bonds is 4. The second kappa shape index (κ2) is 5.58. The Hall–Kier alpha value is -1.96. The van der Waals surface area contributed by atoms with E-state index >= 15 is 0 Å². The Morgan fingerprint density at radius 3 is 2.28 bits per heavy atom. The average Bonchev–Trinajstić information content (AvgIpc) is 2.38. The molecular formula is C16H18O2. The van der Waals surface area contributed by atoms with E-state index in [2.05, 4.69) is 26.0 Å². The molecular weight excluding hydrogens is 224 g/mol. The van der Waals surface area contributed by atoms with E-state index in [1.807, 2.05) is 24.3 Å². The molecule has 2 aromatic rings. The van der Waals surface area contributed by atoms with E-state index in [1.165, 1.54) is 5.56 Å². The lowest BCUT2D eigenvalue weighted by molar-refractivity contribution is 0.299. The van der Waals surface area contributed by atoms with Crippen LogP contribution < -0.4 is 4.74 Å². The summed E-state index contributed by atoms with van der Waals surface area (Å²) in [4.78, 5) is 0. The number of hydrogen-bond donors (Lipinski definition) is 1. The summed E-state index contributed by atoms with van der Waals surface area (Å²) in [6.07, 6.45) is 0. The van der Waals surface area contributed by atoms with Gasteiger partial charge in [-0.2, -0.15) is 0 Å². The molecule has 0 fully saturated rings. The monoisotopic (exact) mass is 242 g/mol. The van der Waals surface area contributed by atoms with E-state index in [0.29, 0.717) is 12.5 Å². The summed E-state index contributed by atoms with van der Waals surface area (Å²) >= 11 is 0. The number of aromatic hydroxyl groups is 1. The van der Waals surface area contributed by atoms with Gasteiger partial charge in [-0.3, -0.25) is 0 Å². The molecule has 0 spiro atoms. The molecule has 0 unspecified atom stereocenters. The first-order chi connectivity index (χ1) is 8.66. The van der Waals surface area contributed by atoms with E-state index in [0.717, 1.165) is 11.3 Å². The zero-order valence-corrected chi connectivity index (χ0v) is 10.8. The molecule has 0 amide bonds. The zero-order chi connectivity index (χ0) is 13.0. The number of phenolic OH excluding ortho intramolecular Hbond substituents is 1. The maximum Gasteiger partial charge on any atom is 0.122 e. The van der Waals surface area contributed by atoms with Crippen molar-refractivity contribution >= 4 is 0 Å². The third-order valence-corrected chi connectivity index (χ3v) is 2.93. The summed E-state index contributed by atoms with van der Waals surface area (Å²) in [5.74, 6) is 1.62. The summed E-state index contributed by atoms with van der Waals surface area (Å²) in [5, 5.41) is 9.63. The van der Waals surface area contributed by atoms with Gasteiger partial charge in [0, 0.05) is 5.56 Å². The van der Waals surface area contributed by atoms with Crippen molar-refractivity contribution < 1.29 is 9.84 Å². The van der Waals surface area contributed by atoms with Crippen LogP contribution in [0.4, 0.5) is 0 Å². The number of phenols is 1. The van der Waals surface area contributed by atoms with E-state index in [1.54, 1.807) is 12.1 Å². The van der Waals surface area contributed by atoms with Gasteiger partial charge in [0.2, 0.25) is 0 Å². The van der Waals surface area contributed by atoms with Crippen LogP contribution >= 0.6 is 0 Å². The minimum atomic E-state index is 0.274. The van der Waals surface area contributed by atoms with Crippen LogP contribution in [0.5, 0.6) is 11.5 Å². The van der Waals surface area contributed by atoms with Crippen LogP contribution in [-0.4, -0.2) is 5.11 Å². The standard InChI is InChI=1S/C16H18O2/c1-12(2)13-7-9-15(10-8-13)18-11-14-5-3-4-6-16(14)17/h3-10,12,17H,11H2,1-2H3. The van der Waals surface area contributed by atoms with Gasteiger partial charge in [-0.15, -0.1) is 0 Å². The Balaban J connectivity index is 2.00. The first kappa shape index (κ1) is 12.5. The average molecular weight is 242 g/mol. The van der Waals surface area contributed by atoms with Crippen molar-refractivity contribution in [1.29, 1.82) is 0 Å². The van der Waals surface area contributed by atoms with Gasteiger partial charge in [0.25, 0.3) is 0 Å². The fourth-order valence-electron chi connectivity index (χ4n) is 1.74. The largest absolute Gasteiger partial charge is 0.508 e. The van der Waals surface area contributed by atoms with Crippen molar-refractivity contribution in [3.63, 3.8) is 0 Å². The minimum Gasteiger partial charge on any atom is -0.508 e. The number of para-hydroxylation sites is 1. The summed E-state index contributed by atoms with van der Waals surface area (Å²) in [6, 6.07) is 15.3. The summed E-state index contributed by atoms with van der Waals surface area (Å²) < 4.78 is 5.65. The van der Waals surface area contributed by atoms with Crippen molar-refractivity contribution in [3.8, 4) is 11.5 Å². The van der Waals surface area contributed by atoms with Crippen LogP contribution in [0.2, 0.25) is 0 Å². The Morgan fingerprint density at radius 1 is 1.00 bits per heavy atom. The number of hydrogen-bond acceptors (Lipinski definition) is 2. The molecule has 2 rings (SSSR count). The molecule has 0 atom stereocenters. The van der Waals surface area contributed by atoms with E-state index in [9.17, 15) is 5.11 Å². The highest BCUT2D eigenvalue weighted by atomic mass is 16.5. The van der Waals surface area contributed by atoms with Crippen LogP contribution in [0, 0.1) is 0 Å². The molecule has 18 heavy (non-hydrogen) atoms. The molecule has 0 saturated carbocycles. The molecule has 1 N–H and O–H groups in total. The lowest BCUT2D eigenvalue weighted by atomic mass is 10.0. The molecule has 0 radical (unpaired) electrons. The van der Waals surface area contributed by atoms with Crippen molar-refractivity contribution in [1.82, 2.24) is 0 Å². The normalized spacial score (nSPS) is 10.6. The fraction of sp³-hybridized carbons (Fsp3) is 0.250. The second-order valence-electron chi connectivity index (χ2n) is 4.64. The van der Waals surface area contributed by atoms with E-state index < -0.39 is 0 Å². The highest BCUT2D eigenvalue weighted by molar-refractivity contribution is 5.33. The summed E-state index contributed by atoms with van der Waals surface area (Å²) in [5.41, 5.74) is 2.09. The molecule has 0 heterocycles. The lowest BCUT2D eigenvalue weighted by Gasteiger charge is -2.09. The van der Waals surface area contributed by atoms with Crippen molar-refractivity contribution in [3.05, 3.63) is 59.7 Å². The lowest BCUT2D eigenvalue weighted by Crippen LogP contribution is -1.96. The van der Waals surface area contributed by atoms with Crippen LogP contribution in [0.1, 0.15) is 30.9 Å². The van der Waals surface area contributed by atoms with Gasteiger partial charge in [-0.05, 0) is 29.7 Å². The SMILES string of the molecule is CC(C)c1ccc(OCc2ccccc2O)cc1. The predicted molar refractivity (Wildman–Crippen MR) is 73.0 cm³/mol. The fourth-order valence-corrected chi connectivity index (χ4v) is 1.74. The minimum absolute atomic E-state index is 0.274. The molecule has 0 aliphatic heterocycles. The van der Waals surface area contributed by atoms with Crippen molar-refractivity contribution in [2.45, 2.75) is 26.4 Å². The molecule has 0 saturated heterocycles. The molecule has 2 nitrogen and oxygen atoms in total. The predicted octanol–water partition coefficient (Wildman–Crippen LogP) is 4.09. The molecule has 94 valence electrons. The summed E-state index contributed by atoms with van der Waals surface area (Å²) in [7, 11) is 0. The first-order valence-electron chi connectivity index (χ1n) is 6.16. The van der Waals surface area contributed by atoms with Gasteiger partial charge >= 0.3 is 0 Å². The Kier molecular flexibility index (Phi) is 3.88. The van der Waals surface area contributed by atoms with Gasteiger partial charge in [0.15, 0.2) is 0 Å². The third kappa shape index (κ3) is 3.04.